The van der Waals surface area contributed by atoms with Gasteiger partial charge in [-0.05, 0) is 47.9 Å². The normalized spacial score (nSPS) is 10.4. The van der Waals surface area contributed by atoms with Crippen LogP contribution in [0.4, 0.5) is 5.69 Å². The number of hydrogen-bond acceptors (Lipinski definition) is 2. The first-order valence-corrected chi connectivity index (χ1v) is 6.25. The predicted octanol–water partition coefficient (Wildman–Crippen LogP) is 4.47. The quantitative estimate of drug-likeness (QED) is 0.655. The van der Waals surface area contributed by atoms with Gasteiger partial charge in [-0.15, -0.1) is 0 Å². The fourth-order valence-corrected chi connectivity index (χ4v) is 2.25. The highest BCUT2D eigenvalue weighted by atomic mass is 16.3. The molecule has 0 aliphatic rings. The lowest BCUT2D eigenvalue weighted by molar-refractivity contribution is 0.471. The molecule has 0 bridgehead atoms. The number of hydrogen-bond donors (Lipinski definition) is 1. The van der Waals surface area contributed by atoms with E-state index in [-0.39, 0.29) is 5.75 Å². The Kier molecular flexibility index (Phi) is 2.85. The van der Waals surface area contributed by atoms with Crippen molar-refractivity contribution in [2.24, 2.45) is 0 Å². The second kappa shape index (κ2) is 4.67. The summed E-state index contributed by atoms with van der Waals surface area (Å²) < 4.78 is 0. The second-order valence-corrected chi connectivity index (χ2v) is 4.68. The topological polar surface area (TPSA) is 37.5 Å². The molecule has 0 fully saturated rings. The van der Waals surface area contributed by atoms with Gasteiger partial charge in [-0.25, -0.2) is 4.85 Å². The summed E-state index contributed by atoms with van der Waals surface area (Å²) in [6.45, 7) is 9.06. The summed E-state index contributed by atoms with van der Waals surface area (Å²) in [7, 11) is 0. The number of aromatic nitrogens is 1. The van der Waals surface area contributed by atoms with E-state index in [0.29, 0.717) is 5.69 Å². The van der Waals surface area contributed by atoms with Crippen LogP contribution in [0.5, 0.6) is 5.75 Å². The van der Waals surface area contributed by atoms with Gasteiger partial charge in [0, 0.05) is 11.6 Å². The third-order valence-corrected chi connectivity index (χ3v) is 3.35. The summed E-state index contributed by atoms with van der Waals surface area (Å²) in [4.78, 5) is 7.80. The van der Waals surface area contributed by atoms with Gasteiger partial charge in [0.15, 0.2) is 5.69 Å². The summed E-state index contributed by atoms with van der Waals surface area (Å²) >= 11 is 0. The standard InChI is InChI=1S/C17H12N2O/c1-11-5-6-12(8-17(11)20)15-9-13(18-2)10-16-14(15)4-3-7-19-16/h3-10,20H,1H3. The Hall–Kier alpha value is -2.86. The molecule has 1 aromatic heterocycles. The third-order valence-electron chi connectivity index (χ3n) is 3.35. The van der Waals surface area contributed by atoms with Crippen molar-refractivity contribution in [2.75, 3.05) is 0 Å². The van der Waals surface area contributed by atoms with Crippen molar-refractivity contribution in [3.63, 3.8) is 0 Å². The van der Waals surface area contributed by atoms with Gasteiger partial charge in [0.25, 0.3) is 0 Å². The van der Waals surface area contributed by atoms with Crippen LogP contribution >= 0.6 is 0 Å². The molecule has 0 saturated heterocycles. The molecule has 1 heterocycles. The molecule has 0 aliphatic heterocycles. The molecule has 1 N–H and O–H groups in total. The van der Waals surface area contributed by atoms with Gasteiger partial charge >= 0.3 is 0 Å². The summed E-state index contributed by atoms with van der Waals surface area (Å²) in [5.41, 5.74) is 3.97. The van der Waals surface area contributed by atoms with Gasteiger partial charge < -0.3 is 5.11 Å². The number of phenolic OH excluding ortho intramolecular Hbond substituents is 1. The Morgan fingerprint density at radius 1 is 1.15 bits per heavy atom. The summed E-state index contributed by atoms with van der Waals surface area (Å²) in [6.07, 6.45) is 1.71. The van der Waals surface area contributed by atoms with Crippen molar-refractivity contribution in [1.29, 1.82) is 0 Å². The minimum absolute atomic E-state index is 0.257. The maximum absolute atomic E-state index is 9.88. The Morgan fingerprint density at radius 3 is 2.75 bits per heavy atom. The molecule has 0 unspecified atom stereocenters. The zero-order valence-corrected chi connectivity index (χ0v) is 11.0. The molecule has 0 amide bonds. The molecule has 3 heteroatoms. The Bertz CT molecular complexity index is 847. The average Bonchev–Trinajstić information content (AvgIpc) is 2.49. The van der Waals surface area contributed by atoms with Crippen LogP contribution in [0, 0.1) is 13.5 Å². The molecule has 0 radical (unpaired) electrons. The van der Waals surface area contributed by atoms with E-state index in [2.05, 4.69) is 9.83 Å². The molecular weight excluding hydrogens is 248 g/mol. The van der Waals surface area contributed by atoms with E-state index in [1.54, 1.807) is 18.3 Å². The molecule has 3 nitrogen and oxygen atoms in total. The number of nitrogens with zero attached hydrogens (tertiary/aromatic N) is 2. The van der Waals surface area contributed by atoms with Crippen LogP contribution < -0.4 is 0 Å². The fourth-order valence-electron chi connectivity index (χ4n) is 2.25. The maximum Gasteiger partial charge on any atom is 0.190 e. The van der Waals surface area contributed by atoms with Crippen molar-refractivity contribution in [3.05, 3.63) is 65.6 Å². The SMILES string of the molecule is [C-]#[N+]c1cc(-c2ccc(C)c(O)c2)c2cccnc2c1. The summed E-state index contributed by atoms with van der Waals surface area (Å²) in [5, 5.41) is 10.9. The van der Waals surface area contributed by atoms with E-state index >= 15 is 0 Å². The first-order valence-electron chi connectivity index (χ1n) is 6.25. The Balaban J connectivity index is 2.34. The molecule has 2 aromatic carbocycles. The van der Waals surface area contributed by atoms with Gasteiger partial charge in [-0.1, -0.05) is 18.2 Å². The van der Waals surface area contributed by atoms with E-state index in [9.17, 15) is 5.11 Å². The smallest absolute Gasteiger partial charge is 0.190 e. The molecule has 0 saturated carbocycles. The van der Waals surface area contributed by atoms with E-state index in [1.807, 2.05) is 37.3 Å². The minimum atomic E-state index is 0.257. The van der Waals surface area contributed by atoms with Crippen LogP contribution in [-0.2, 0) is 0 Å². The van der Waals surface area contributed by atoms with Crippen molar-refractivity contribution in [3.8, 4) is 16.9 Å². The number of pyridine rings is 1. The van der Waals surface area contributed by atoms with E-state index in [4.69, 9.17) is 6.57 Å². The highest BCUT2D eigenvalue weighted by Crippen LogP contribution is 2.34. The molecule has 0 aliphatic carbocycles. The molecule has 3 aromatic rings. The highest BCUT2D eigenvalue weighted by Gasteiger charge is 2.08. The number of phenols is 1. The number of aromatic hydroxyl groups is 1. The van der Waals surface area contributed by atoms with Gasteiger partial charge in [0.05, 0.1) is 12.1 Å². The highest BCUT2D eigenvalue weighted by molar-refractivity contribution is 5.97. The van der Waals surface area contributed by atoms with Crippen molar-refractivity contribution in [2.45, 2.75) is 6.92 Å². The van der Waals surface area contributed by atoms with Crippen molar-refractivity contribution >= 4 is 16.6 Å². The van der Waals surface area contributed by atoms with Gasteiger partial charge in [0.2, 0.25) is 0 Å². The monoisotopic (exact) mass is 260 g/mol. The molecule has 0 spiro atoms. The third kappa shape index (κ3) is 1.98. The Morgan fingerprint density at radius 2 is 2.00 bits per heavy atom. The largest absolute Gasteiger partial charge is 0.508 e. The number of rotatable bonds is 1. The Labute approximate surface area is 117 Å². The zero-order chi connectivity index (χ0) is 14.1. The maximum atomic E-state index is 9.88. The van der Waals surface area contributed by atoms with Crippen LogP contribution in [-0.4, -0.2) is 10.1 Å². The summed E-state index contributed by atoms with van der Waals surface area (Å²) in [5.74, 6) is 0.257. The number of fused-ring (bicyclic) bond motifs is 1. The molecular formula is C17H12N2O. The van der Waals surface area contributed by atoms with Crippen LogP contribution in [0.2, 0.25) is 0 Å². The van der Waals surface area contributed by atoms with E-state index in [0.717, 1.165) is 27.6 Å². The lowest BCUT2D eigenvalue weighted by atomic mass is 9.98. The minimum Gasteiger partial charge on any atom is -0.508 e. The van der Waals surface area contributed by atoms with Crippen LogP contribution in [0.3, 0.4) is 0 Å². The molecule has 20 heavy (non-hydrogen) atoms. The van der Waals surface area contributed by atoms with Crippen LogP contribution in [0.15, 0.2) is 48.7 Å². The lowest BCUT2D eigenvalue weighted by Gasteiger charge is -2.09. The van der Waals surface area contributed by atoms with Crippen molar-refractivity contribution in [1.82, 2.24) is 4.98 Å². The zero-order valence-electron chi connectivity index (χ0n) is 11.0. The van der Waals surface area contributed by atoms with E-state index in [1.165, 1.54) is 0 Å². The molecule has 0 atom stereocenters. The van der Waals surface area contributed by atoms with Gasteiger partial charge in [-0.2, -0.15) is 0 Å². The first-order chi connectivity index (χ1) is 9.69. The number of aryl methyl sites for hydroxylation is 1. The second-order valence-electron chi connectivity index (χ2n) is 4.68. The number of benzene rings is 2. The van der Waals surface area contributed by atoms with Gasteiger partial charge in [0.1, 0.15) is 5.75 Å². The van der Waals surface area contributed by atoms with Crippen LogP contribution in [0.1, 0.15) is 5.56 Å². The lowest BCUT2D eigenvalue weighted by Crippen LogP contribution is -1.85. The molecule has 3 rings (SSSR count). The van der Waals surface area contributed by atoms with E-state index < -0.39 is 0 Å². The average molecular weight is 260 g/mol. The summed E-state index contributed by atoms with van der Waals surface area (Å²) in [6, 6.07) is 13.0. The fraction of sp³-hybridized carbons (Fsp3) is 0.0588. The van der Waals surface area contributed by atoms with Crippen molar-refractivity contribution < 1.29 is 5.11 Å². The first kappa shape index (κ1) is 12.2. The van der Waals surface area contributed by atoms with Crippen LogP contribution in [0.25, 0.3) is 26.9 Å². The molecule has 96 valence electrons. The van der Waals surface area contributed by atoms with Gasteiger partial charge in [-0.3, -0.25) is 4.98 Å². The predicted molar refractivity (Wildman–Crippen MR) is 79.8 cm³/mol.